The minimum atomic E-state index is -1.23. The fourth-order valence-corrected chi connectivity index (χ4v) is 3.76. The minimum Gasteiger partial charge on any atom is -0.478 e. The molecule has 1 aliphatic heterocycles. The van der Waals surface area contributed by atoms with Crippen molar-refractivity contribution in [2.75, 3.05) is 5.01 Å². The van der Waals surface area contributed by atoms with Crippen LogP contribution in [0.5, 0.6) is 0 Å². The molecule has 2 heterocycles. The number of aromatic carboxylic acids is 1. The van der Waals surface area contributed by atoms with Crippen LogP contribution >= 0.6 is 23.2 Å². The minimum absolute atomic E-state index is 0.0350. The first-order valence-corrected chi connectivity index (χ1v) is 10.5. The zero-order valence-corrected chi connectivity index (χ0v) is 19.2. The van der Waals surface area contributed by atoms with Crippen LogP contribution < -0.4 is 5.01 Å². The van der Waals surface area contributed by atoms with E-state index in [1.807, 2.05) is 0 Å². The normalized spacial score (nSPS) is 14.6. The molecule has 3 aromatic rings. The van der Waals surface area contributed by atoms with Crippen molar-refractivity contribution in [2.24, 2.45) is 5.10 Å². The molecule has 0 spiro atoms. The molecule has 0 saturated heterocycles. The summed E-state index contributed by atoms with van der Waals surface area (Å²) in [6.07, 6.45) is 1.46. The Morgan fingerprint density at radius 3 is 2.56 bits per heavy atom. The number of nitrogens with zero attached hydrogens (tertiary/aromatic N) is 3. The molecule has 1 aliphatic rings. The summed E-state index contributed by atoms with van der Waals surface area (Å²) in [7, 11) is 0. The van der Waals surface area contributed by atoms with E-state index in [0.29, 0.717) is 16.3 Å². The molecule has 2 aromatic carbocycles. The molecule has 1 amide bonds. The van der Waals surface area contributed by atoms with Gasteiger partial charge in [0.05, 0.1) is 38.0 Å². The molecule has 0 radical (unpaired) electrons. The topological polar surface area (TPSA) is 126 Å². The number of rotatable bonds is 5. The van der Waals surface area contributed by atoms with Gasteiger partial charge in [0.2, 0.25) is 0 Å². The van der Waals surface area contributed by atoms with Crippen LogP contribution in [0, 0.1) is 17.0 Å². The van der Waals surface area contributed by atoms with E-state index in [4.69, 9.17) is 27.6 Å². The number of hydrogen-bond acceptors (Lipinski definition) is 6. The van der Waals surface area contributed by atoms with Gasteiger partial charge >= 0.3 is 5.97 Å². The lowest BCUT2D eigenvalue weighted by Gasteiger charge is -2.12. The van der Waals surface area contributed by atoms with Gasteiger partial charge in [-0.3, -0.25) is 14.9 Å². The molecule has 0 atom stereocenters. The van der Waals surface area contributed by atoms with Crippen LogP contribution in [-0.2, 0) is 4.79 Å². The largest absolute Gasteiger partial charge is 0.478 e. The average Bonchev–Trinajstić information content (AvgIpc) is 3.35. The van der Waals surface area contributed by atoms with Crippen molar-refractivity contribution >= 4 is 58.2 Å². The number of halogens is 2. The van der Waals surface area contributed by atoms with Gasteiger partial charge < -0.3 is 9.52 Å². The Morgan fingerprint density at radius 2 is 1.88 bits per heavy atom. The van der Waals surface area contributed by atoms with Crippen molar-refractivity contribution in [2.45, 2.75) is 13.8 Å². The van der Waals surface area contributed by atoms with Gasteiger partial charge in [-0.1, -0.05) is 23.2 Å². The summed E-state index contributed by atoms with van der Waals surface area (Å²) < 4.78 is 5.76. The number of aryl methyl sites for hydroxylation is 1. The second-order valence-electron chi connectivity index (χ2n) is 7.41. The molecular weight excluding hydrogens is 485 g/mol. The van der Waals surface area contributed by atoms with Gasteiger partial charge in [-0.05, 0) is 61.9 Å². The van der Waals surface area contributed by atoms with E-state index in [1.54, 1.807) is 26.0 Å². The fourth-order valence-electron chi connectivity index (χ4n) is 3.40. The molecule has 172 valence electrons. The molecule has 4 rings (SSSR count). The maximum Gasteiger partial charge on any atom is 0.337 e. The van der Waals surface area contributed by atoms with E-state index in [-0.39, 0.29) is 44.6 Å². The van der Waals surface area contributed by atoms with Crippen molar-refractivity contribution in [3.8, 4) is 11.3 Å². The number of hydrazone groups is 1. The number of benzene rings is 2. The third kappa shape index (κ3) is 4.18. The van der Waals surface area contributed by atoms with Crippen LogP contribution in [0.4, 0.5) is 11.4 Å². The highest BCUT2D eigenvalue weighted by Crippen LogP contribution is 2.36. The number of anilines is 1. The predicted octanol–water partition coefficient (Wildman–Crippen LogP) is 5.97. The predicted molar refractivity (Wildman–Crippen MR) is 128 cm³/mol. The Kier molecular flexibility index (Phi) is 5.99. The number of carbonyl (C=O) groups is 2. The quantitative estimate of drug-likeness (QED) is 0.261. The monoisotopic (exact) mass is 499 g/mol. The molecule has 1 aromatic heterocycles. The third-order valence-corrected chi connectivity index (χ3v) is 5.88. The standard InChI is InChI=1S/C23H15Cl2N3O6/c1-11-7-20(28(32)33)17(10-19(11)25)21-6-4-14(34-21)9-15-12(2)26-27(22(15)29)13-3-5-18(24)16(8-13)23(30)31/h3-10H,1-2H3,(H,30,31)/b15-9+. The van der Waals surface area contributed by atoms with Crippen molar-refractivity contribution in [1.29, 1.82) is 0 Å². The van der Waals surface area contributed by atoms with Gasteiger partial charge in [0.1, 0.15) is 11.5 Å². The van der Waals surface area contributed by atoms with Crippen molar-refractivity contribution in [3.63, 3.8) is 0 Å². The SMILES string of the molecule is CC1=NN(c2ccc(Cl)c(C(=O)O)c2)C(=O)/C1=C/c1ccc(-c2cc(Cl)c(C)cc2[N+](=O)[O-])o1. The molecule has 34 heavy (non-hydrogen) atoms. The Balaban J connectivity index is 1.68. The van der Waals surface area contributed by atoms with Gasteiger partial charge in [-0.15, -0.1) is 0 Å². The summed E-state index contributed by atoms with van der Waals surface area (Å²) in [5.74, 6) is -1.26. The highest BCUT2D eigenvalue weighted by atomic mass is 35.5. The summed E-state index contributed by atoms with van der Waals surface area (Å²) in [4.78, 5) is 35.3. The number of carbonyl (C=O) groups excluding carboxylic acids is 1. The van der Waals surface area contributed by atoms with Crippen molar-refractivity contribution in [1.82, 2.24) is 0 Å². The Hall–Kier alpha value is -3.95. The molecule has 0 aliphatic carbocycles. The van der Waals surface area contributed by atoms with Crippen LogP contribution in [0.15, 0.2) is 57.6 Å². The van der Waals surface area contributed by atoms with E-state index < -0.39 is 16.8 Å². The molecule has 0 fully saturated rings. The highest BCUT2D eigenvalue weighted by molar-refractivity contribution is 6.34. The van der Waals surface area contributed by atoms with Crippen LogP contribution in [0.25, 0.3) is 17.4 Å². The van der Waals surface area contributed by atoms with Crippen LogP contribution in [0.1, 0.15) is 28.6 Å². The van der Waals surface area contributed by atoms with Crippen LogP contribution in [-0.4, -0.2) is 27.6 Å². The van der Waals surface area contributed by atoms with Gasteiger partial charge in [-0.25, -0.2) is 4.79 Å². The van der Waals surface area contributed by atoms with E-state index in [1.165, 1.54) is 36.4 Å². The Bertz CT molecular complexity index is 1440. The van der Waals surface area contributed by atoms with Gasteiger partial charge in [-0.2, -0.15) is 10.1 Å². The Morgan fingerprint density at radius 1 is 1.15 bits per heavy atom. The maximum atomic E-state index is 13.0. The van der Waals surface area contributed by atoms with Gasteiger partial charge in [0.25, 0.3) is 11.6 Å². The summed E-state index contributed by atoms with van der Waals surface area (Å²) in [5, 5.41) is 26.4. The van der Waals surface area contributed by atoms with Crippen LogP contribution in [0.3, 0.4) is 0 Å². The molecule has 0 saturated carbocycles. The van der Waals surface area contributed by atoms with E-state index in [2.05, 4.69) is 5.10 Å². The van der Waals surface area contributed by atoms with Gasteiger partial charge in [0, 0.05) is 11.1 Å². The third-order valence-electron chi connectivity index (χ3n) is 5.14. The lowest BCUT2D eigenvalue weighted by Crippen LogP contribution is -2.21. The van der Waals surface area contributed by atoms with Gasteiger partial charge in [0.15, 0.2) is 0 Å². The average molecular weight is 500 g/mol. The van der Waals surface area contributed by atoms with E-state index in [0.717, 1.165) is 5.01 Å². The number of amides is 1. The number of furan rings is 1. The lowest BCUT2D eigenvalue weighted by atomic mass is 10.1. The lowest BCUT2D eigenvalue weighted by molar-refractivity contribution is -0.384. The molecule has 9 nitrogen and oxygen atoms in total. The summed E-state index contributed by atoms with van der Waals surface area (Å²) in [6.45, 7) is 3.28. The molecular formula is C23H15Cl2N3O6. The summed E-state index contributed by atoms with van der Waals surface area (Å²) in [6, 6.07) is 10.0. The number of nitro groups is 1. The first-order valence-electron chi connectivity index (χ1n) is 9.76. The molecule has 1 N–H and O–H groups in total. The maximum absolute atomic E-state index is 13.0. The van der Waals surface area contributed by atoms with Crippen molar-refractivity contribution in [3.05, 3.63) is 85.1 Å². The number of hydrogen-bond donors (Lipinski definition) is 1. The second kappa shape index (κ2) is 8.77. The molecule has 11 heteroatoms. The highest BCUT2D eigenvalue weighted by Gasteiger charge is 2.30. The summed E-state index contributed by atoms with van der Waals surface area (Å²) >= 11 is 12.1. The van der Waals surface area contributed by atoms with E-state index >= 15 is 0 Å². The summed E-state index contributed by atoms with van der Waals surface area (Å²) in [5.41, 5.74) is 1.27. The Labute approximate surface area is 202 Å². The zero-order valence-electron chi connectivity index (χ0n) is 17.7. The van der Waals surface area contributed by atoms with Crippen molar-refractivity contribution < 1.29 is 24.0 Å². The molecule has 0 unspecified atom stereocenters. The smallest absolute Gasteiger partial charge is 0.337 e. The first kappa shape index (κ1) is 23.2. The number of carboxylic acids is 1. The second-order valence-corrected chi connectivity index (χ2v) is 8.22. The van der Waals surface area contributed by atoms with E-state index in [9.17, 15) is 24.8 Å². The fraction of sp³-hybridized carbons (Fsp3) is 0.0870. The number of nitro benzene ring substituents is 1. The zero-order chi connectivity index (χ0) is 24.7. The van der Waals surface area contributed by atoms with Crippen LogP contribution in [0.2, 0.25) is 10.0 Å². The number of carboxylic acid groups (broad SMARTS) is 1. The molecule has 0 bridgehead atoms. The first-order chi connectivity index (χ1) is 16.1.